The summed E-state index contributed by atoms with van der Waals surface area (Å²) in [5.41, 5.74) is 0. The van der Waals surface area contributed by atoms with E-state index in [4.69, 9.17) is 0 Å². The summed E-state index contributed by atoms with van der Waals surface area (Å²) in [5.74, 6) is -0.314. The van der Waals surface area contributed by atoms with Gasteiger partial charge in [0.15, 0.2) is 0 Å². The van der Waals surface area contributed by atoms with E-state index in [9.17, 15) is 4.79 Å². The molecule has 1 amide bonds. The van der Waals surface area contributed by atoms with Gasteiger partial charge in [-0.2, -0.15) is 10.3 Å². The molecule has 15 heavy (non-hydrogen) atoms. The zero-order valence-electron chi connectivity index (χ0n) is 7.79. The maximum Gasteiger partial charge on any atom is 0.292 e. The Hall–Kier alpha value is -2.25. The highest BCUT2D eigenvalue weighted by atomic mass is 16.2. The topological polar surface area (TPSA) is 101 Å². The standard InChI is InChI=1S/C7H9N7O/c15-7(6-10-12-13-11-6)8-3-5-14-4-1-2-9-14/h1-2,4H,3,5H2,(H,8,15)(H,10,11,12,13). The highest BCUT2D eigenvalue weighted by molar-refractivity contribution is 5.89. The molecule has 0 aliphatic rings. The molecule has 2 aromatic heterocycles. The van der Waals surface area contributed by atoms with Crippen LogP contribution in [-0.4, -0.2) is 42.9 Å². The van der Waals surface area contributed by atoms with Crippen LogP contribution in [0.25, 0.3) is 0 Å². The fourth-order valence-corrected chi connectivity index (χ4v) is 1.05. The zero-order chi connectivity index (χ0) is 10.5. The van der Waals surface area contributed by atoms with E-state index >= 15 is 0 Å². The van der Waals surface area contributed by atoms with Gasteiger partial charge in [0.2, 0.25) is 0 Å². The Kier molecular flexibility index (Phi) is 2.68. The van der Waals surface area contributed by atoms with Crippen LogP contribution in [0.2, 0.25) is 0 Å². The summed E-state index contributed by atoms with van der Waals surface area (Å²) in [7, 11) is 0. The molecule has 78 valence electrons. The summed E-state index contributed by atoms with van der Waals surface area (Å²) in [4.78, 5) is 11.3. The number of carbonyl (C=O) groups excluding carboxylic acids is 1. The average molecular weight is 207 g/mol. The largest absolute Gasteiger partial charge is 0.347 e. The van der Waals surface area contributed by atoms with Gasteiger partial charge in [-0.25, -0.2) is 0 Å². The number of amides is 1. The lowest BCUT2D eigenvalue weighted by Gasteiger charge is -2.01. The number of hydrogen-bond acceptors (Lipinski definition) is 5. The quantitative estimate of drug-likeness (QED) is 0.657. The summed E-state index contributed by atoms with van der Waals surface area (Å²) in [6.45, 7) is 1.08. The van der Waals surface area contributed by atoms with Crippen molar-refractivity contribution >= 4 is 5.91 Å². The van der Waals surface area contributed by atoms with Gasteiger partial charge in [-0.1, -0.05) is 0 Å². The molecule has 2 N–H and O–H groups in total. The minimum absolute atomic E-state index is 0.0375. The van der Waals surface area contributed by atoms with Gasteiger partial charge in [0.05, 0.1) is 6.54 Å². The Labute approximate surface area is 84.7 Å². The first kappa shape index (κ1) is 9.31. The SMILES string of the molecule is O=C(NCCn1cccn1)c1nn[nH]n1. The third kappa shape index (κ3) is 2.36. The van der Waals surface area contributed by atoms with Crippen molar-refractivity contribution in [3.8, 4) is 0 Å². The fraction of sp³-hybridized carbons (Fsp3) is 0.286. The fourth-order valence-electron chi connectivity index (χ4n) is 1.05. The molecule has 2 rings (SSSR count). The Bertz CT molecular complexity index is 406. The van der Waals surface area contributed by atoms with Gasteiger partial charge in [0, 0.05) is 18.9 Å². The van der Waals surface area contributed by atoms with Crippen molar-refractivity contribution in [1.29, 1.82) is 0 Å². The number of nitrogens with zero attached hydrogens (tertiary/aromatic N) is 5. The van der Waals surface area contributed by atoms with E-state index < -0.39 is 0 Å². The highest BCUT2D eigenvalue weighted by Crippen LogP contribution is 1.85. The number of nitrogens with one attached hydrogen (secondary N) is 2. The zero-order valence-corrected chi connectivity index (χ0v) is 7.79. The number of H-pyrrole nitrogens is 1. The summed E-state index contributed by atoms with van der Waals surface area (Å²) in [5, 5.41) is 19.2. The van der Waals surface area contributed by atoms with Gasteiger partial charge in [0.25, 0.3) is 11.7 Å². The van der Waals surface area contributed by atoms with Crippen molar-refractivity contribution in [2.75, 3.05) is 6.54 Å². The monoisotopic (exact) mass is 207 g/mol. The van der Waals surface area contributed by atoms with Crippen LogP contribution >= 0.6 is 0 Å². The average Bonchev–Trinajstić information content (AvgIpc) is 2.90. The van der Waals surface area contributed by atoms with E-state index in [1.807, 2.05) is 12.3 Å². The van der Waals surface area contributed by atoms with E-state index in [0.717, 1.165) is 0 Å². The van der Waals surface area contributed by atoms with Crippen molar-refractivity contribution in [2.24, 2.45) is 0 Å². The molecule has 0 radical (unpaired) electrons. The number of tetrazole rings is 1. The molecule has 0 aromatic carbocycles. The number of aromatic amines is 1. The molecule has 0 saturated heterocycles. The van der Waals surface area contributed by atoms with Crippen molar-refractivity contribution in [3.63, 3.8) is 0 Å². The van der Waals surface area contributed by atoms with E-state index in [2.05, 4.69) is 31.0 Å². The first-order valence-electron chi connectivity index (χ1n) is 4.35. The Morgan fingerprint density at radius 3 is 3.20 bits per heavy atom. The lowest BCUT2D eigenvalue weighted by atomic mass is 10.5. The summed E-state index contributed by atoms with van der Waals surface area (Å²) < 4.78 is 1.72. The predicted octanol–water partition coefficient (Wildman–Crippen LogP) is -1.17. The maximum atomic E-state index is 11.3. The second kappa shape index (κ2) is 4.31. The molecule has 2 aromatic rings. The van der Waals surface area contributed by atoms with Crippen LogP contribution in [-0.2, 0) is 6.54 Å². The number of aromatic nitrogens is 6. The molecule has 0 spiro atoms. The molecule has 0 bridgehead atoms. The van der Waals surface area contributed by atoms with Crippen molar-refractivity contribution in [1.82, 2.24) is 35.7 Å². The second-order valence-corrected chi connectivity index (χ2v) is 2.76. The summed E-state index contributed by atoms with van der Waals surface area (Å²) in [6, 6.07) is 1.82. The van der Waals surface area contributed by atoms with Crippen LogP contribution in [0.4, 0.5) is 0 Å². The Morgan fingerprint density at radius 2 is 2.53 bits per heavy atom. The van der Waals surface area contributed by atoms with Gasteiger partial charge >= 0.3 is 0 Å². The smallest absolute Gasteiger partial charge is 0.292 e. The second-order valence-electron chi connectivity index (χ2n) is 2.76. The first-order valence-corrected chi connectivity index (χ1v) is 4.35. The van der Waals surface area contributed by atoms with Crippen LogP contribution in [0.1, 0.15) is 10.6 Å². The van der Waals surface area contributed by atoms with Crippen LogP contribution in [0.5, 0.6) is 0 Å². The van der Waals surface area contributed by atoms with Crippen LogP contribution < -0.4 is 5.32 Å². The number of carbonyl (C=O) groups is 1. The molecule has 8 nitrogen and oxygen atoms in total. The molecule has 0 fully saturated rings. The molecule has 0 saturated carbocycles. The van der Waals surface area contributed by atoms with Crippen molar-refractivity contribution in [3.05, 3.63) is 24.3 Å². The maximum absolute atomic E-state index is 11.3. The van der Waals surface area contributed by atoms with Gasteiger partial charge in [0.1, 0.15) is 0 Å². The Balaban J connectivity index is 1.77. The van der Waals surface area contributed by atoms with Crippen molar-refractivity contribution < 1.29 is 4.79 Å². The summed E-state index contributed by atoms with van der Waals surface area (Å²) in [6.07, 6.45) is 3.50. The molecule has 0 aliphatic carbocycles. The van der Waals surface area contributed by atoms with Crippen LogP contribution in [0.3, 0.4) is 0 Å². The molecule has 0 unspecified atom stereocenters. The van der Waals surface area contributed by atoms with E-state index in [-0.39, 0.29) is 11.7 Å². The lowest BCUT2D eigenvalue weighted by Crippen LogP contribution is -2.28. The van der Waals surface area contributed by atoms with Crippen molar-refractivity contribution in [2.45, 2.75) is 6.54 Å². The third-order valence-electron chi connectivity index (χ3n) is 1.73. The van der Waals surface area contributed by atoms with Crippen LogP contribution in [0, 0.1) is 0 Å². The number of hydrogen-bond donors (Lipinski definition) is 2. The van der Waals surface area contributed by atoms with E-state index in [1.54, 1.807) is 10.9 Å². The minimum atomic E-state index is -0.351. The number of rotatable bonds is 4. The highest BCUT2D eigenvalue weighted by Gasteiger charge is 2.08. The van der Waals surface area contributed by atoms with Gasteiger partial charge in [-0.05, 0) is 11.3 Å². The molecule has 0 aliphatic heterocycles. The predicted molar refractivity (Wildman–Crippen MR) is 48.7 cm³/mol. The molecule has 2 heterocycles. The Morgan fingerprint density at radius 1 is 1.60 bits per heavy atom. The van der Waals surface area contributed by atoms with Gasteiger partial charge in [-0.15, -0.1) is 10.2 Å². The van der Waals surface area contributed by atoms with Gasteiger partial charge < -0.3 is 5.32 Å². The molecular formula is C7H9N7O. The van der Waals surface area contributed by atoms with Crippen LogP contribution in [0.15, 0.2) is 18.5 Å². The third-order valence-corrected chi connectivity index (χ3v) is 1.73. The first-order chi connectivity index (χ1) is 7.36. The normalized spacial score (nSPS) is 10.1. The molecular weight excluding hydrogens is 198 g/mol. The minimum Gasteiger partial charge on any atom is -0.347 e. The molecule has 8 heteroatoms. The lowest BCUT2D eigenvalue weighted by molar-refractivity contribution is 0.0941. The summed E-state index contributed by atoms with van der Waals surface area (Å²) >= 11 is 0. The molecule has 0 atom stereocenters. The van der Waals surface area contributed by atoms with E-state index in [1.165, 1.54) is 0 Å². The van der Waals surface area contributed by atoms with E-state index in [0.29, 0.717) is 13.1 Å². The van der Waals surface area contributed by atoms with Gasteiger partial charge in [-0.3, -0.25) is 9.48 Å².